The van der Waals surface area contributed by atoms with Crippen molar-refractivity contribution in [3.63, 3.8) is 0 Å². The fourth-order valence-electron chi connectivity index (χ4n) is 1.70. The molecule has 0 spiro atoms. The van der Waals surface area contributed by atoms with Gasteiger partial charge in [-0.1, -0.05) is 0 Å². The molecule has 0 atom stereocenters. The van der Waals surface area contributed by atoms with E-state index in [0.29, 0.717) is 5.69 Å². The molecule has 21 heavy (non-hydrogen) atoms. The van der Waals surface area contributed by atoms with Gasteiger partial charge in [-0.3, -0.25) is 14.9 Å². The fourth-order valence-corrected chi connectivity index (χ4v) is 1.91. The maximum atomic E-state index is 12.0. The van der Waals surface area contributed by atoms with Gasteiger partial charge in [0.15, 0.2) is 5.69 Å². The SMILES string of the molecule is Nc1cccnc1C(=O)Nc1ccc([N+](=O)[O-])c([B]S)c1. The van der Waals surface area contributed by atoms with Crippen molar-refractivity contribution in [1.29, 1.82) is 0 Å². The number of nitrogens with zero attached hydrogens (tertiary/aromatic N) is 2. The average molecular weight is 301 g/mol. The maximum Gasteiger partial charge on any atom is 0.276 e. The Hall–Kier alpha value is -2.55. The van der Waals surface area contributed by atoms with Crippen molar-refractivity contribution < 1.29 is 9.72 Å². The van der Waals surface area contributed by atoms with E-state index in [4.69, 9.17) is 5.73 Å². The second-order valence-corrected chi connectivity index (χ2v) is 4.31. The van der Waals surface area contributed by atoms with Gasteiger partial charge in [-0.25, -0.2) is 17.5 Å². The number of hydrogen-bond donors (Lipinski definition) is 3. The van der Waals surface area contributed by atoms with Crippen molar-refractivity contribution in [1.82, 2.24) is 4.98 Å². The summed E-state index contributed by atoms with van der Waals surface area (Å²) in [6, 6.07) is 7.34. The van der Waals surface area contributed by atoms with Crippen molar-refractivity contribution in [2.24, 2.45) is 0 Å². The van der Waals surface area contributed by atoms with Gasteiger partial charge in [0.1, 0.15) is 0 Å². The summed E-state index contributed by atoms with van der Waals surface area (Å²) in [4.78, 5) is 26.2. The van der Waals surface area contributed by atoms with E-state index in [-0.39, 0.29) is 22.5 Å². The molecule has 1 heterocycles. The average Bonchev–Trinajstić information content (AvgIpc) is 2.47. The zero-order valence-corrected chi connectivity index (χ0v) is 11.6. The van der Waals surface area contributed by atoms with Crippen molar-refractivity contribution in [2.75, 3.05) is 11.1 Å². The maximum absolute atomic E-state index is 12.0. The van der Waals surface area contributed by atoms with Crippen LogP contribution >= 0.6 is 12.5 Å². The lowest BCUT2D eigenvalue weighted by atomic mass is 9.92. The Kier molecular flexibility index (Phi) is 4.44. The van der Waals surface area contributed by atoms with Crippen LogP contribution in [0.4, 0.5) is 17.1 Å². The van der Waals surface area contributed by atoms with Crippen molar-refractivity contribution in [3.8, 4) is 0 Å². The van der Waals surface area contributed by atoms with Crippen LogP contribution in [0.15, 0.2) is 36.5 Å². The number of benzene rings is 1. The number of nitrogens with two attached hydrogens (primary N) is 1. The molecule has 105 valence electrons. The van der Waals surface area contributed by atoms with Crippen LogP contribution in [0.2, 0.25) is 0 Å². The molecule has 3 N–H and O–H groups in total. The minimum absolute atomic E-state index is 0.0901. The lowest BCUT2D eigenvalue weighted by molar-refractivity contribution is -0.383. The van der Waals surface area contributed by atoms with Crippen LogP contribution < -0.4 is 16.5 Å². The highest BCUT2D eigenvalue weighted by Gasteiger charge is 2.16. The monoisotopic (exact) mass is 301 g/mol. The minimum Gasteiger partial charge on any atom is -0.397 e. The third-order valence-electron chi connectivity index (χ3n) is 2.68. The molecule has 9 heteroatoms. The predicted octanol–water partition coefficient (Wildman–Crippen LogP) is 0.999. The van der Waals surface area contributed by atoms with Gasteiger partial charge >= 0.3 is 0 Å². The zero-order valence-electron chi connectivity index (χ0n) is 10.7. The number of nitro groups is 1. The summed E-state index contributed by atoms with van der Waals surface area (Å²) >= 11 is 3.92. The molecule has 7 nitrogen and oxygen atoms in total. The van der Waals surface area contributed by atoms with E-state index in [2.05, 4.69) is 22.8 Å². The molecule has 0 unspecified atom stereocenters. The number of nitro benzene ring substituents is 1. The lowest BCUT2D eigenvalue weighted by Crippen LogP contribution is -2.19. The van der Waals surface area contributed by atoms with E-state index in [1.54, 1.807) is 12.1 Å². The van der Waals surface area contributed by atoms with Crippen LogP contribution in [-0.2, 0) is 0 Å². The summed E-state index contributed by atoms with van der Waals surface area (Å²) in [7, 11) is 0. The molecule has 0 saturated carbocycles. The Morgan fingerprint density at radius 3 is 2.81 bits per heavy atom. The molecule has 0 aliphatic heterocycles. The highest BCUT2D eigenvalue weighted by atomic mass is 32.1. The van der Waals surface area contributed by atoms with Gasteiger partial charge in [0.25, 0.3) is 11.6 Å². The van der Waals surface area contributed by atoms with Gasteiger partial charge in [0.05, 0.1) is 10.6 Å². The van der Waals surface area contributed by atoms with Gasteiger partial charge in [0, 0.05) is 23.4 Å². The molecule has 0 fully saturated rings. The van der Waals surface area contributed by atoms with Crippen LogP contribution in [0.3, 0.4) is 0 Å². The number of aromatic nitrogens is 1. The molecule has 1 radical (unpaired) electrons. The molecule has 1 aromatic heterocycles. The number of pyridine rings is 1. The van der Waals surface area contributed by atoms with Gasteiger partial charge in [-0.05, 0) is 24.3 Å². The number of carbonyl (C=O) groups excluding carboxylic acids is 1. The second kappa shape index (κ2) is 6.27. The number of nitrogen functional groups attached to an aromatic ring is 1. The Labute approximate surface area is 126 Å². The predicted molar refractivity (Wildman–Crippen MR) is 84.1 cm³/mol. The standard InChI is InChI=1S/C12H10BN4O3S/c14-9-2-1-5-15-11(9)12(18)16-7-3-4-10(17(19)20)8(6-7)13-21/h1-6,21H,14H2,(H,16,18). The van der Waals surface area contributed by atoms with Crippen LogP contribution in [0.5, 0.6) is 0 Å². The Morgan fingerprint density at radius 2 is 2.19 bits per heavy atom. The molecule has 0 aliphatic rings. The molecule has 0 bridgehead atoms. The van der Waals surface area contributed by atoms with E-state index in [1.165, 1.54) is 31.0 Å². The number of carbonyl (C=O) groups is 1. The van der Waals surface area contributed by atoms with E-state index in [1.807, 2.05) is 0 Å². The topological polar surface area (TPSA) is 111 Å². The van der Waals surface area contributed by atoms with Crippen LogP contribution in [0, 0.1) is 10.1 Å². The van der Waals surface area contributed by atoms with Crippen LogP contribution in [0.1, 0.15) is 10.5 Å². The molecule has 2 rings (SSSR count). The van der Waals surface area contributed by atoms with Crippen molar-refractivity contribution in [3.05, 3.63) is 52.3 Å². The number of hydrogen-bond acceptors (Lipinski definition) is 6. The minimum atomic E-state index is -0.523. The van der Waals surface area contributed by atoms with E-state index in [0.717, 1.165) is 0 Å². The summed E-state index contributed by atoms with van der Waals surface area (Å²) in [6.45, 7) is 1.29. The third kappa shape index (κ3) is 3.32. The summed E-state index contributed by atoms with van der Waals surface area (Å²) in [5.41, 5.74) is 6.58. The normalized spacial score (nSPS) is 9.95. The van der Waals surface area contributed by atoms with Gasteiger partial charge in [0.2, 0.25) is 6.56 Å². The molecule has 1 aromatic carbocycles. The van der Waals surface area contributed by atoms with Gasteiger partial charge in [-0.2, -0.15) is 0 Å². The van der Waals surface area contributed by atoms with E-state index < -0.39 is 10.8 Å². The summed E-state index contributed by atoms with van der Waals surface area (Å²) in [5.74, 6) is -0.493. The van der Waals surface area contributed by atoms with Crippen molar-refractivity contribution >= 4 is 47.5 Å². The first-order valence-electron chi connectivity index (χ1n) is 5.80. The number of anilines is 2. The molecule has 2 aromatic rings. The first-order chi connectivity index (χ1) is 10.0. The quantitative estimate of drug-likeness (QED) is 0.337. The smallest absolute Gasteiger partial charge is 0.276 e. The number of amides is 1. The van der Waals surface area contributed by atoms with Gasteiger partial charge in [-0.15, -0.1) is 0 Å². The van der Waals surface area contributed by atoms with E-state index >= 15 is 0 Å². The number of nitrogens with one attached hydrogen (secondary N) is 1. The zero-order chi connectivity index (χ0) is 15.4. The summed E-state index contributed by atoms with van der Waals surface area (Å²) < 4.78 is 0. The number of thiol groups is 1. The van der Waals surface area contributed by atoms with Crippen LogP contribution in [0.25, 0.3) is 0 Å². The lowest BCUT2D eigenvalue weighted by Gasteiger charge is -2.08. The Bertz CT molecular complexity index is 711. The summed E-state index contributed by atoms with van der Waals surface area (Å²) in [5, 5.41) is 13.4. The molecule has 0 saturated heterocycles. The summed E-state index contributed by atoms with van der Waals surface area (Å²) in [6.07, 6.45) is 1.45. The van der Waals surface area contributed by atoms with Crippen LogP contribution in [-0.4, -0.2) is 22.4 Å². The first-order valence-corrected chi connectivity index (χ1v) is 6.32. The largest absolute Gasteiger partial charge is 0.397 e. The third-order valence-corrected chi connectivity index (χ3v) is 2.95. The Balaban J connectivity index is 2.26. The van der Waals surface area contributed by atoms with Gasteiger partial charge < -0.3 is 11.1 Å². The Morgan fingerprint density at radius 1 is 1.43 bits per heavy atom. The first kappa shape index (κ1) is 14.9. The highest BCUT2D eigenvalue weighted by molar-refractivity contribution is 8.08. The molecular formula is C12H10BN4O3S. The number of rotatable bonds is 4. The fraction of sp³-hybridized carbons (Fsp3) is 0. The van der Waals surface area contributed by atoms with Crippen molar-refractivity contribution in [2.45, 2.75) is 0 Å². The molecule has 1 amide bonds. The second-order valence-electron chi connectivity index (χ2n) is 4.06. The molecular weight excluding hydrogens is 291 g/mol. The van der Waals surface area contributed by atoms with E-state index in [9.17, 15) is 14.9 Å². The highest BCUT2D eigenvalue weighted by Crippen LogP contribution is 2.15. The molecule has 0 aliphatic carbocycles.